The molecule has 0 aliphatic carbocycles. The highest BCUT2D eigenvalue weighted by Gasteiger charge is 2.34. The van der Waals surface area contributed by atoms with Gasteiger partial charge in [-0.1, -0.05) is 0 Å². The molecule has 8 heteroatoms. The topological polar surface area (TPSA) is 52.4 Å². The first-order chi connectivity index (χ1) is 7.22. The van der Waals surface area contributed by atoms with E-state index in [-0.39, 0.29) is 10.0 Å². The second kappa shape index (κ2) is 4.28. The Kier molecular flexibility index (Phi) is 3.41. The molecule has 1 aromatic rings. The van der Waals surface area contributed by atoms with Crippen molar-refractivity contribution in [3.63, 3.8) is 0 Å². The quantitative estimate of drug-likeness (QED) is 0.620. The molecule has 0 aliphatic rings. The molecule has 0 bridgehead atoms. The van der Waals surface area contributed by atoms with Crippen LogP contribution in [0.3, 0.4) is 0 Å². The van der Waals surface area contributed by atoms with Gasteiger partial charge in [0.05, 0.1) is 4.92 Å². The van der Waals surface area contributed by atoms with Gasteiger partial charge in [0.25, 0.3) is 5.69 Å². The summed E-state index contributed by atoms with van der Waals surface area (Å²) >= 11 is 2.72. The van der Waals surface area contributed by atoms with Crippen molar-refractivity contribution >= 4 is 21.6 Å². The Hall–Kier alpha value is -1.31. The largest absolute Gasteiger partial charge is 0.573 e. The van der Waals surface area contributed by atoms with Gasteiger partial charge in [-0.2, -0.15) is 0 Å². The maximum absolute atomic E-state index is 12.0. The monoisotopic (exact) mass is 299 g/mol. The average Bonchev–Trinajstić information content (AvgIpc) is 2.10. The van der Waals surface area contributed by atoms with Crippen LogP contribution in [0.4, 0.5) is 18.9 Å². The van der Waals surface area contributed by atoms with Crippen LogP contribution in [0.2, 0.25) is 0 Å². The van der Waals surface area contributed by atoms with Crippen LogP contribution in [0.5, 0.6) is 5.75 Å². The molecule has 0 aromatic heterocycles. The number of benzene rings is 1. The molecular weight excluding hydrogens is 295 g/mol. The van der Waals surface area contributed by atoms with Crippen LogP contribution < -0.4 is 4.74 Å². The Labute approximate surface area is 96.3 Å². The zero-order chi connectivity index (χ0) is 12.5. The van der Waals surface area contributed by atoms with Crippen LogP contribution in [0.25, 0.3) is 0 Å². The molecule has 0 spiro atoms. The molecule has 1 rings (SSSR count). The third-order valence-corrected chi connectivity index (χ3v) is 2.45. The number of halogens is 4. The van der Waals surface area contributed by atoms with Gasteiger partial charge < -0.3 is 4.74 Å². The zero-order valence-corrected chi connectivity index (χ0v) is 9.42. The SMILES string of the molecule is Cc1ccc([N+](=O)[O-])c(Br)c1OC(F)(F)F. The predicted octanol–water partition coefficient (Wildman–Crippen LogP) is 3.56. The molecule has 16 heavy (non-hydrogen) atoms. The van der Waals surface area contributed by atoms with E-state index in [0.717, 1.165) is 6.07 Å². The highest BCUT2D eigenvalue weighted by Crippen LogP contribution is 2.39. The third kappa shape index (κ3) is 2.84. The second-order valence-electron chi connectivity index (χ2n) is 2.85. The molecule has 0 heterocycles. The van der Waals surface area contributed by atoms with Crippen LogP contribution in [-0.4, -0.2) is 11.3 Å². The number of hydrogen-bond donors (Lipinski definition) is 0. The fraction of sp³-hybridized carbons (Fsp3) is 0.250. The van der Waals surface area contributed by atoms with Gasteiger partial charge in [-0.3, -0.25) is 10.1 Å². The van der Waals surface area contributed by atoms with Gasteiger partial charge >= 0.3 is 6.36 Å². The molecule has 0 aliphatic heterocycles. The molecule has 0 fully saturated rings. The smallest absolute Gasteiger partial charge is 0.404 e. The van der Waals surface area contributed by atoms with Crippen LogP contribution in [0.1, 0.15) is 5.56 Å². The van der Waals surface area contributed by atoms with E-state index in [1.807, 2.05) is 0 Å². The van der Waals surface area contributed by atoms with Crippen molar-refractivity contribution in [2.24, 2.45) is 0 Å². The number of ether oxygens (including phenoxy) is 1. The standard InChI is InChI=1S/C8H5BrF3NO3/c1-4-2-3-5(13(14)15)6(9)7(4)16-8(10,11)12/h2-3H,1H3. The molecule has 0 radical (unpaired) electrons. The normalized spacial score (nSPS) is 11.3. The third-order valence-electron chi connectivity index (χ3n) is 1.69. The summed E-state index contributed by atoms with van der Waals surface area (Å²) in [6.45, 7) is 1.36. The van der Waals surface area contributed by atoms with E-state index < -0.39 is 22.7 Å². The first-order valence-corrected chi connectivity index (χ1v) is 4.71. The Morgan fingerprint density at radius 3 is 2.44 bits per heavy atom. The highest BCUT2D eigenvalue weighted by molar-refractivity contribution is 9.10. The van der Waals surface area contributed by atoms with Gasteiger partial charge in [0.15, 0.2) is 5.75 Å². The van der Waals surface area contributed by atoms with Gasteiger partial charge in [0, 0.05) is 6.07 Å². The van der Waals surface area contributed by atoms with E-state index >= 15 is 0 Å². The lowest BCUT2D eigenvalue weighted by Gasteiger charge is -2.12. The Balaban J connectivity index is 3.27. The lowest BCUT2D eigenvalue weighted by Crippen LogP contribution is -2.18. The Bertz CT molecular complexity index is 433. The van der Waals surface area contributed by atoms with Crippen molar-refractivity contribution < 1.29 is 22.8 Å². The molecule has 0 unspecified atom stereocenters. The number of rotatable bonds is 2. The van der Waals surface area contributed by atoms with Gasteiger partial charge in [0.1, 0.15) is 4.47 Å². The summed E-state index contributed by atoms with van der Waals surface area (Å²) in [6.07, 6.45) is -4.89. The van der Waals surface area contributed by atoms with Crippen molar-refractivity contribution in [1.29, 1.82) is 0 Å². The fourth-order valence-electron chi connectivity index (χ4n) is 1.02. The van der Waals surface area contributed by atoms with Gasteiger partial charge in [-0.15, -0.1) is 13.2 Å². The molecule has 0 amide bonds. The predicted molar refractivity (Wildman–Crippen MR) is 52.2 cm³/mol. The molecular formula is C8H5BrF3NO3. The summed E-state index contributed by atoms with van der Waals surface area (Å²) in [5, 5.41) is 10.5. The van der Waals surface area contributed by atoms with Crippen LogP contribution in [-0.2, 0) is 0 Å². The van der Waals surface area contributed by atoms with E-state index in [0.29, 0.717) is 0 Å². The lowest BCUT2D eigenvalue weighted by atomic mass is 10.2. The van der Waals surface area contributed by atoms with E-state index in [2.05, 4.69) is 20.7 Å². The van der Waals surface area contributed by atoms with Gasteiger partial charge in [0.2, 0.25) is 0 Å². The summed E-state index contributed by atoms with van der Waals surface area (Å²) in [4.78, 5) is 9.69. The minimum Gasteiger partial charge on any atom is -0.404 e. The number of nitro benzene ring substituents is 1. The highest BCUT2D eigenvalue weighted by atomic mass is 79.9. The van der Waals surface area contributed by atoms with Crippen molar-refractivity contribution in [2.45, 2.75) is 13.3 Å². The maximum Gasteiger partial charge on any atom is 0.573 e. The number of nitro groups is 1. The minimum atomic E-state index is -4.89. The van der Waals surface area contributed by atoms with E-state index in [1.54, 1.807) is 0 Å². The van der Waals surface area contributed by atoms with Crippen LogP contribution >= 0.6 is 15.9 Å². The van der Waals surface area contributed by atoms with E-state index in [4.69, 9.17) is 0 Å². The van der Waals surface area contributed by atoms with E-state index in [1.165, 1.54) is 13.0 Å². The zero-order valence-electron chi connectivity index (χ0n) is 7.84. The summed E-state index contributed by atoms with van der Waals surface area (Å²) in [6, 6.07) is 2.28. The summed E-state index contributed by atoms with van der Waals surface area (Å²) in [5.41, 5.74) is -0.334. The number of alkyl halides is 3. The number of aryl methyl sites for hydroxylation is 1. The molecule has 0 atom stereocenters. The van der Waals surface area contributed by atoms with Crippen LogP contribution in [0, 0.1) is 17.0 Å². The molecule has 1 aromatic carbocycles. The number of hydrogen-bond acceptors (Lipinski definition) is 3. The van der Waals surface area contributed by atoms with Crippen molar-refractivity contribution in [1.82, 2.24) is 0 Å². The first kappa shape index (κ1) is 12.8. The van der Waals surface area contributed by atoms with Crippen molar-refractivity contribution in [3.05, 3.63) is 32.3 Å². The Morgan fingerprint density at radius 2 is 2.00 bits per heavy atom. The van der Waals surface area contributed by atoms with Crippen molar-refractivity contribution in [3.8, 4) is 5.75 Å². The number of nitrogens with zero attached hydrogens (tertiary/aromatic N) is 1. The lowest BCUT2D eigenvalue weighted by molar-refractivity contribution is -0.385. The van der Waals surface area contributed by atoms with Gasteiger partial charge in [-0.05, 0) is 34.5 Å². The summed E-state index contributed by atoms with van der Waals surface area (Å²) in [7, 11) is 0. The van der Waals surface area contributed by atoms with Crippen molar-refractivity contribution in [2.75, 3.05) is 0 Å². The second-order valence-corrected chi connectivity index (χ2v) is 3.64. The van der Waals surface area contributed by atoms with Gasteiger partial charge in [-0.25, -0.2) is 0 Å². The average molecular weight is 300 g/mol. The van der Waals surface area contributed by atoms with E-state index in [9.17, 15) is 23.3 Å². The summed E-state index contributed by atoms with van der Waals surface area (Å²) < 4.78 is 39.4. The fourth-order valence-corrected chi connectivity index (χ4v) is 1.69. The minimum absolute atomic E-state index is 0.148. The molecule has 0 N–H and O–H groups in total. The first-order valence-electron chi connectivity index (χ1n) is 3.91. The molecule has 0 saturated heterocycles. The molecule has 4 nitrogen and oxygen atoms in total. The molecule has 0 saturated carbocycles. The maximum atomic E-state index is 12.0. The van der Waals surface area contributed by atoms with Crippen LogP contribution in [0.15, 0.2) is 16.6 Å². The molecule has 88 valence electrons. The summed E-state index contributed by atoms with van der Waals surface area (Å²) in [5.74, 6) is -0.596. The Morgan fingerprint density at radius 1 is 1.44 bits per heavy atom.